The third kappa shape index (κ3) is 2.85. The molecule has 186 valence electrons. The third-order valence-corrected chi connectivity index (χ3v) is 8.14. The maximum Gasteiger partial charge on any atom is 0.235 e. The first-order valence-corrected chi connectivity index (χ1v) is 13.5. The first kappa shape index (κ1) is 21.5. The van der Waals surface area contributed by atoms with Crippen molar-refractivity contribution in [3.63, 3.8) is 0 Å². The van der Waals surface area contributed by atoms with Gasteiger partial charge in [-0.05, 0) is 35.7 Å². The van der Waals surface area contributed by atoms with E-state index in [1.54, 1.807) is 0 Å². The fourth-order valence-corrected chi connectivity index (χ4v) is 6.44. The smallest absolute Gasteiger partial charge is 0.235 e. The van der Waals surface area contributed by atoms with Crippen molar-refractivity contribution in [1.29, 1.82) is 0 Å². The monoisotopic (exact) mass is 510 g/mol. The second kappa shape index (κ2) is 8.01. The summed E-state index contributed by atoms with van der Waals surface area (Å²) in [5.74, 6) is 0.678. The zero-order chi connectivity index (χ0) is 26.2. The molecule has 0 saturated heterocycles. The van der Waals surface area contributed by atoms with Crippen LogP contribution >= 0.6 is 0 Å². The predicted molar refractivity (Wildman–Crippen MR) is 166 cm³/mol. The predicted octanol–water partition coefficient (Wildman–Crippen LogP) is 8.98. The van der Waals surface area contributed by atoms with Gasteiger partial charge >= 0.3 is 0 Å². The Morgan fingerprint density at radius 1 is 0.450 bits per heavy atom. The Balaban J connectivity index is 1.52. The molecular weight excluding hydrogens is 488 g/mol. The van der Waals surface area contributed by atoms with E-state index in [-0.39, 0.29) is 0 Å². The minimum absolute atomic E-state index is 0.678. The van der Waals surface area contributed by atoms with Crippen LogP contribution in [0.2, 0.25) is 0 Å². The van der Waals surface area contributed by atoms with Gasteiger partial charge in [-0.25, -0.2) is 9.97 Å². The Morgan fingerprint density at radius 3 is 2.05 bits per heavy atom. The molecule has 0 bridgehead atoms. The average molecular weight is 511 g/mol. The molecule has 0 radical (unpaired) electrons. The molecule has 3 heterocycles. The number of hydrogen-bond donors (Lipinski definition) is 0. The Hall–Kier alpha value is -5.48. The van der Waals surface area contributed by atoms with Crippen molar-refractivity contribution in [1.82, 2.24) is 19.1 Å². The van der Waals surface area contributed by atoms with Crippen molar-refractivity contribution in [2.24, 2.45) is 0 Å². The molecule has 0 aliphatic carbocycles. The van der Waals surface area contributed by atoms with Gasteiger partial charge in [0.15, 0.2) is 0 Å². The topological polar surface area (TPSA) is 35.6 Å². The molecule has 0 saturated carbocycles. The van der Waals surface area contributed by atoms with Gasteiger partial charge in [0.05, 0.1) is 27.6 Å². The molecule has 0 aliphatic rings. The average Bonchev–Trinajstić information content (AvgIpc) is 3.54. The highest BCUT2D eigenvalue weighted by Crippen LogP contribution is 2.43. The number of aromatic nitrogens is 4. The number of rotatable bonds is 2. The van der Waals surface area contributed by atoms with Gasteiger partial charge in [0, 0.05) is 44.2 Å². The standard InChI is InChI=1S/C36H22N4/c1-2-12-25(13-3-1)39-34-26-14-6-4-10-23(26)18-19-27(34)28-20-21-32-33(35(28)39)29-15-7-9-17-31(29)40(32)36-37-22-24-11-5-8-16-30(24)38-36/h1-22H. The van der Waals surface area contributed by atoms with E-state index in [1.807, 2.05) is 24.4 Å². The SMILES string of the molecule is c1ccc(-n2c3c4ccccc4ccc3c3ccc4c(c5ccccc5n4-c4ncc5ccccc5n4)c32)cc1. The van der Waals surface area contributed by atoms with Crippen LogP contribution in [0.1, 0.15) is 0 Å². The number of benzene rings is 6. The lowest BCUT2D eigenvalue weighted by Crippen LogP contribution is -2.01. The highest BCUT2D eigenvalue weighted by atomic mass is 15.2. The minimum Gasteiger partial charge on any atom is -0.308 e. The Bertz CT molecular complexity index is 2430. The second-order valence-corrected chi connectivity index (χ2v) is 10.3. The molecule has 0 fully saturated rings. The Labute approximate surface area is 229 Å². The van der Waals surface area contributed by atoms with Gasteiger partial charge in [0.1, 0.15) is 0 Å². The molecule has 0 N–H and O–H groups in total. The van der Waals surface area contributed by atoms with Crippen LogP contribution in [0.25, 0.3) is 76.9 Å². The zero-order valence-electron chi connectivity index (χ0n) is 21.5. The maximum absolute atomic E-state index is 5.01. The summed E-state index contributed by atoms with van der Waals surface area (Å²) in [6.07, 6.45) is 1.92. The van der Waals surface area contributed by atoms with E-state index < -0.39 is 0 Å². The highest BCUT2D eigenvalue weighted by Gasteiger charge is 2.22. The van der Waals surface area contributed by atoms with Crippen molar-refractivity contribution >= 4 is 65.3 Å². The van der Waals surface area contributed by atoms with Gasteiger partial charge in [0.2, 0.25) is 5.95 Å². The van der Waals surface area contributed by atoms with Crippen LogP contribution in [0.5, 0.6) is 0 Å². The van der Waals surface area contributed by atoms with E-state index >= 15 is 0 Å². The summed E-state index contributed by atoms with van der Waals surface area (Å²) in [6.45, 7) is 0. The largest absolute Gasteiger partial charge is 0.308 e. The summed E-state index contributed by atoms with van der Waals surface area (Å²) in [7, 11) is 0. The van der Waals surface area contributed by atoms with Crippen molar-refractivity contribution in [2.45, 2.75) is 0 Å². The van der Waals surface area contributed by atoms with Crippen LogP contribution in [0.3, 0.4) is 0 Å². The van der Waals surface area contributed by atoms with Crippen LogP contribution in [0, 0.1) is 0 Å². The number of hydrogen-bond acceptors (Lipinski definition) is 2. The van der Waals surface area contributed by atoms with Crippen LogP contribution in [-0.2, 0) is 0 Å². The van der Waals surface area contributed by atoms with E-state index in [4.69, 9.17) is 9.97 Å². The van der Waals surface area contributed by atoms with E-state index in [1.165, 1.54) is 43.4 Å². The molecule has 4 heteroatoms. The van der Waals surface area contributed by atoms with Crippen LogP contribution in [-0.4, -0.2) is 19.1 Å². The van der Waals surface area contributed by atoms with E-state index in [2.05, 4.69) is 118 Å². The summed E-state index contributed by atoms with van der Waals surface area (Å²) in [5.41, 5.74) is 6.69. The lowest BCUT2D eigenvalue weighted by Gasteiger charge is -2.11. The normalized spacial score (nSPS) is 12.0. The van der Waals surface area contributed by atoms with Crippen LogP contribution < -0.4 is 0 Å². The van der Waals surface area contributed by atoms with E-state index in [9.17, 15) is 0 Å². The molecule has 9 aromatic rings. The molecule has 0 aliphatic heterocycles. The summed E-state index contributed by atoms with van der Waals surface area (Å²) < 4.78 is 4.66. The molecule has 0 amide bonds. The Morgan fingerprint density at radius 2 is 1.15 bits per heavy atom. The number of fused-ring (bicyclic) bond motifs is 10. The van der Waals surface area contributed by atoms with Crippen molar-refractivity contribution in [2.75, 3.05) is 0 Å². The van der Waals surface area contributed by atoms with Gasteiger partial charge in [-0.3, -0.25) is 4.57 Å². The Kier molecular flexibility index (Phi) is 4.30. The van der Waals surface area contributed by atoms with Crippen LogP contribution in [0.15, 0.2) is 134 Å². The van der Waals surface area contributed by atoms with Gasteiger partial charge in [-0.2, -0.15) is 0 Å². The van der Waals surface area contributed by atoms with Gasteiger partial charge in [-0.15, -0.1) is 0 Å². The molecule has 6 aromatic carbocycles. The lowest BCUT2D eigenvalue weighted by molar-refractivity contribution is 1.01. The summed E-state index contributed by atoms with van der Waals surface area (Å²) in [4.78, 5) is 9.85. The quantitative estimate of drug-likeness (QED) is 0.233. The van der Waals surface area contributed by atoms with Crippen LogP contribution in [0.4, 0.5) is 0 Å². The molecule has 4 nitrogen and oxygen atoms in total. The van der Waals surface area contributed by atoms with Crippen molar-refractivity contribution < 1.29 is 0 Å². The number of nitrogens with zero attached hydrogens (tertiary/aromatic N) is 4. The lowest BCUT2D eigenvalue weighted by atomic mass is 10.0. The van der Waals surface area contributed by atoms with Gasteiger partial charge in [0.25, 0.3) is 0 Å². The molecular formula is C36H22N4. The van der Waals surface area contributed by atoms with Gasteiger partial charge < -0.3 is 4.57 Å². The van der Waals surface area contributed by atoms with Gasteiger partial charge in [-0.1, -0.05) is 97.1 Å². The van der Waals surface area contributed by atoms with E-state index in [0.717, 1.165) is 27.6 Å². The van der Waals surface area contributed by atoms with Crippen molar-refractivity contribution in [3.8, 4) is 11.6 Å². The molecule has 3 aromatic heterocycles. The molecule has 40 heavy (non-hydrogen) atoms. The third-order valence-electron chi connectivity index (χ3n) is 8.14. The molecule has 0 spiro atoms. The fourth-order valence-electron chi connectivity index (χ4n) is 6.44. The van der Waals surface area contributed by atoms with E-state index in [0.29, 0.717) is 5.95 Å². The molecule has 0 atom stereocenters. The second-order valence-electron chi connectivity index (χ2n) is 10.3. The number of para-hydroxylation sites is 3. The minimum atomic E-state index is 0.678. The highest BCUT2D eigenvalue weighted by molar-refractivity contribution is 6.28. The first-order chi connectivity index (χ1) is 19.9. The fraction of sp³-hybridized carbons (Fsp3) is 0. The first-order valence-electron chi connectivity index (χ1n) is 13.5. The maximum atomic E-state index is 5.01. The zero-order valence-corrected chi connectivity index (χ0v) is 21.5. The summed E-state index contributed by atoms with van der Waals surface area (Å²) in [5, 5.41) is 8.38. The summed E-state index contributed by atoms with van der Waals surface area (Å²) in [6, 6.07) is 45.2. The molecule has 0 unspecified atom stereocenters. The molecule has 9 rings (SSSR count). The van der Waals surface area contributed by atoms with Crippen molar-refractivity contribution in [3.05, 3.63) is 134 Å². The summed E-state index contributed by atoms with van der Waals surface area (Å²) >= 11 is 0.